The Morgan fingerprint density at radius 1 is 1.22 bits per heavy atom. The number of nitrogens with one attached hydrogen (secondary N) is 1. The quantitative estimate of drug-likeness (QED) is 0.798. The molecule has 98 valence electrons. The topological polar surface area (TPSA) is 41.1 Å². The Balaban J connectivity index is 1.65. The summed E-state index contributed by atoms with van der Waals surface area (Å²) < 4.78 is 0. The normalized spacial score (nSPS) is 18.9. The van der Waals surface area contributed by atoms with Crippen molar-refractivity contribution in [2.45, 2.75) is 45.2 Å². The molecule has 18 heavy (non-hydrogen) atoms. The molecule has 3 rings (SSSR count). The molecule has 0 saturated heterocycles. The Morgan fingerprint density at radius 3 is 2.61 bits per heavy atom. The maximum atomic E-state index is 4.60. The first-order valence-corrected chi connectivity index (χ1v) is 7.15. The number of aromatic nitrogens is 2. The van der Waals surface area contributed by atoms with E-state index >= 15 is 0 Å². The third-order valence-electron chi connectivity index (χ3n) is 3.68. The van der Waals surface area contributed by atoms with Crippen LogP contribution < -0.4 is 10.2 Å². The van der Waals surface area contributed by atoms with E-state index in [1.54, 1.807) is 0 Å². The van der Waals surface area contributed by atoms with Gasteiger partial charge in [-0.3, -0.25) is 4.98 Å². The van der Waals surface area contributed by atoms with Crippen LogP contribution in [0.1, 0.15) is 38.3 Å². The van der Waals surface area contributed by atoms with Crippen molar-refractivity contribution in [1.29, 1.82) is 0 Å². The van der Waals surface area contributed by atoms with Crippen LogP contribution in [0.15, 0.2) is 12.4 Å². The molecule has 1 aromatic heterocycles. The number of hydrogen-bond donors (Lipinski definition) is 1. The standard InChI is InChI=1S/C14H22N4/c1-2-15-7-12-8-17-14(9-16-12)18(13-5-6-13)10-11-3-4-11/h8-9,11,13,15H,2-7,10H2,1H3. The van der Waals surface area contributed by atoms with E-state index in [-0.39, 0.29) is 0 Å². The molecule has 0 bridgehead atoms. The van der Waals surface area contributed by atoms with E-state index in [9.17, 15) is 0 Å². The van der Waals surface area contributed by atoms with E-state index in [0.717, 1.165) is 36.6 Å². The lowest BCUT2D eigenvalue weighted by atomic mass is 10.3. The molecule has 2 aliphatic rings. The van der Waals surface area contributed by atoms with E-state index < -0.39 is 0 Å². The third-order valence-corrected chi connectivity index (χ3v) is 3.68. The zero-order valence-electron chi connectivity index (χ0n) is 11.1. The molecule has 0 aliphatic heterocycles. The van der Waals surface area contributed by atoms with Gasteiger partial charge in [-0.2, -0.15) is 0 Å². The minimum Gasteiger partial charge on any atom is -0.352 e. The first-order chi connectivity index (χ1) is 8.86. The summed E-state index contributed by atoms with van der Waals surface area (Å²) in [6, 6.07) is 0.736. The van der Waals surface area contributed by atoms with E-state index in [4.69, 9.17) is 0 Å². The van der Waals surface area contributed by atoms with E-state index in [2.05, 4.69) is 27.1 Å². The van der Waals surface area contributed by atoms with Crippen LogP contribution >= 0.6 is 0 Å². The van der Waals surface area contributed by atoms with Gasteiger partial charge in [0.2, 0.25) is 0 Å². The van der Waals surface area contributed by atoms with Crippen LogP contribution in [0.2, 0.25) is 0 Å². The minimum absolute atomic E-state index is 0.736. The van der Waals surface area contributed by atoms with Gasteiger partial charge in [-0.25, -0.2) is 4.98 Å². The van der Waals surface area contributed by atoms with Gasteiger partial charge in [0.15, 0.2) is 0 Å². The van der Waals surface area contributed by atoms with Gasteiger partial charge in [-0.15, -0.1) is 0 Å². The van der Waals surface area contributed by atoms with Gasteiger partial charge in [-0.05, 0) is 38.1 Å². The maximum absolute atomic E-state index is 4.60. The van der Waals surface area contributed by atoms with Crippen molar-refractivity contribution >= 4 is 5.82 Å². The molecule has 4 nitrogen and oxygen atoms in total. The number of nitrogens with zero attached hydrogens (tertiary/aromatic N) is 3. The van der Waals surface area contributed by atoms with Gasteiger partial charge in [-0.1, -0.05) is 6.92 Å². The number of anilines is 1. The molecule has 1 aromatic rings. The monoisotopic (exact) mass is 246 g/mol. The van der Waals surface area contributed by atoms with E-state index in [0.29, 0.717) is 0 Å². The van der Waals surface area contributed by atoms with Crippen molar-refractivity contribution in [1.82, 2.24) is 15.3 Å². The van der Waals surface area contributed by atoms with Gasteiger partial charge >= 0.3 is 0 Å². The van der Waals surface area contributed by atoms with Crippen LogP contribution in [0.5, 0.6) is 0 Å². The van der Waals surface area contributed by atoms with Crippen molar-refractivity contribution in [3.05, 3.63) is 18.1 Å². The van der Waals surface area contributed by atoms with Gasteiger partial charge < -0.3 is 10.2 Å². The Kier molecular flexibility index (Phi) is 3.46. The fourth-order valence-corrected chi connectivity index (χ4v) is 2.24. The zero-order chi connectivity index (χ0) is 12.4. The SMILES string of the molecule is CCNCc1cnc(N(CC2CC2)C2CC2)cn1. The Hall–Kier alpha value is -1.16. The molecule has 0 spiro atoms. The highest BCUT2D eigenvalue weighted by Gasteiger charge is 2.34. The third kappa shape index (κ3) is 2.99. The Morgan fingerprint density at radius 2 is 2.06 bits per heavy atom. The molecule has 0 atom stereocenters. The van der Waals surface area contributed by atoms with Crippen molar-refractivity contribution in [3.8, 4) is 0 Å². The van der Waals surface area contributed by atoms with Gasteiger partial charge in [0, 0.05) is 19.1 Å². The molecule has 0 unspecified atom stereocenters. The Bertz CT molecular complexity index is 381. The second kappa shape index (κ2) is 5.22. The average molecular weight is 246 g/mol. The number of hydrogen-bond acceptors (Lipinski definition) is 4. The van der Waals surface area contributed by atoms with Crippen LogP contribution in [-0.2, 0) is 6.54 Å². The molecule has 2 saturated carbocycles. The zero-order valence-corrected chi connectivity index (χ0v) is 11.1. The van der Waals surface area contributed by atoms with Gasteiger partial charge in [0.1, 0.15) is 5.82 Å². The highest BCUT2D eigenvalue weighted by Crippen LogP contribution is 2.36. The molecule has 0 aromatic carbocycles. The summed E-state index contributed by atoms with van der Waals surface area (Å²) in [6.07, 6.45) is 9.32. The summed E-state index contributed by atoms with van der Waals surface area (Å²) in [5.74, 6) is 1.98. The second-order valence-corrected chi connectivity index (χ2v) is 5.47. The summed E-state index contributed by atoms with van der Waals surface area (Å²) >= 11 is 0. The molecule has 2 fully saturated rings. The maximum Gasteiger partial charge on any atom is 0.147 e. The first-order valence-electron chi connectivity index (χ1n) is 7.15. The molecular weight excluding hydrogens is 224 g/mol. The van der Waals surface area contributed by atoms with Crippen LogP contribution in [0.25, 0.3) is 0 Å². The Labute approximate surface area is 109 Å². The molecule has 1 heterocycles. The minimum atomic E-state index is 0.736. The first kappa shape index (κ1) is 11.9. The lowest BCUT2D eigenvalue weighted by Gasteiger charge is -2.23. The molecule has 0 radical (unpaired) electrons. The van der Waals surface area contributed by atoms with E-state index in [1.165, 1.54) is 32.2 Å². The summed E-state index contributed by atoms with van der Waals surface area (Å²) in [7, 11) is 0. The highest BCUT2D eigenvalue weighted by molar-refractivity contribution is 5.39. The lowest BCUT2D eigenvalue weighted by Crippen LogP contribution is -2.29. The fourth-order valence-electron chi connectivity index (χ4n) is 2.24. The molecule has 0 amide bonds. The van der Waals surface area contributed by atoms with Crippen molar-refractivity contribution in [3.63, 3.8) is 0 Å². The summed E-state index contributed by atoms with van der Waals surface area (Å²) in [4.78, 5) is 11.6. The summed E-state index contributed by atoms with van der Waals surface area (Å²) in [5.41, 5.74) is 1.03. The molecule has 4 heteroatoms. The molecule has 2 aliphatic carbocycles. The van der Waals surface area contributed by atoms with Crippen molar-refractivity contribution in [2.24, 2.45) is 5.92 Å². The summed E-state index contributed by atoms with van der Waals surface area (Å²) in [5, 5.41) is 3.27. The van der Waals surface area contributed by atoms with Crippen LogP contribution in [0.4, 0.5) is 5.82 Å². The summed E-state index contributed by atoms with van der Waals surface area (Å²) in [6.45, 7) is 5.08. The second-order valence-electron chi connectivity index (χ2n) is 5.47. The van der Waals surface area contributed by atoms with Crippen LogP contribution in [-0.4, -0.2) is 29.1 Å². The van der Waals surface area contributed by atoms with Crippen LogP contribution in [0.3, 0.4) is 0 Å². The van der Waals surface area contributed by atoms with Gasteiger partial charge in [0.25, 0.3) is 0 Å². The lowest BCUT2D eigenvalue weighted by molar-refractivity contribution is 0.691. The van der Waals surface area contributed by atoms with Crippen LogP contribution in [0, 0.1) is 5.92 Å². The predicted octanol–water partition coefficient (Wildman–Crippen LogP) is 1.96. The smallest absolute Gasteiger partial charge is 0.147 e. The van der Waals surface area contributed by atoms with Gasteiger partial charge in [0.05, 0.1) is 18.1 Å². The highest BCUT2D eigenvalue weighted by atomic mass is 15.2. The predicted molar refractivity (Wildman–Crippen MR) is 72.5 cm³/mol. The molecule has 1 N–H and O–H groups in total. The average Bonchev–Trinajstić information content (AvgIpc) is 3.28. The van der Waals surface area contributed by atoms with Crippen molar-refractivity contribution in [2.75, 3.05) is 18.0 Å². The van der Waals surface area contributed by atoms with E-state index in [1.807, 2.05) is 12.4 Å². The largest absolute Gasteiger partial charge is 0.352 e. The van der Waals surface area contributed by atoms with Crippen molar-refractivity contribution < 1.29 is 0 Å². The molecular formula is C14H22N4. The fraction of sp³-hybridized carbons (Fsp3) is 0.714. The number of rotatable bonds is 7.